The summed E-state index contributed by atoms with van der Waals surface area (Å²) in [6, 6.07) is 3.94. The molecule has 2 nitrogen and oxygen atoms in total. The van der Waals surface area contributed by atoms with Gasteiger partial charge in [0.25, 0.3) is 0 Å². The third kappa shape index (κ3) is 3.65. The maximum Gasteiger partial charge on any atom is 0.138 e. The van der Waals surface area contributed by atoms with Gasteiger partial charge in [-0.05, 0) is 30.9 Å². The molecule has 0 unspecified atom stereocenters. The van der Waals surface area contributed by atoms with Crippen molar-refractivity contribution >= 4 is 5.78 Å². The zero-order valence-electron chi connectivity index (χ0n) is 10.6. The maximum atomic E-state index is 11.9. The van der Waals surface area contributed by atoms with Crippen LogP contribution in [0, 0.1) is 12.8 Å². The van der Waals surface area contributed by atoms with Gasteiger partial charge in [0.05, 0.1) is 5.69 Å². The van der Waals surface area contributed by atoms with Crippen molar-refractivity contribution in [2.75, 3.05) is 0 Å². The summed E-state index contributed by atoms with van der Waals surface area (Å²) < 4.78 is 0. The number of Topliss-reactive ketones (excluding diaryl/α,β-unsaturated/α-hetero) is 1. The van der Waals surface area contributed by atoms with Crippen LogP contribution in [0.2, 0.25) is 0 Å². The van der Waals surface area contributed by atoms with Gasteiger partial charge in [-0.2, -0.15) is 0 Å². The number of aromatic nitrogens is 1. The number of rotatable bonds is 5. The average Bonchev–Trinajstić information content (AvgIpc) is 2.82. The Bertz CT molecular complexity index is 380. The number of hydrogen-bond donors (Lipinski definition) is 0. The summed E-state index contributed by atoms with van der Waals surface area (Å²) in [4.78, 5) is 16.2. The van der Waals surface area contributed by atoms with Gasteiger partial charge in [0, 0.05) is 19.0 Å². The predicted octanol–water partition coefficient (Wildman–Crippen LogP) is 3.47. The Morgan fingerprint density at radius 3 is 2.88 bits per heavy atom. The number of carbonyl (C=O) groups is 1. The van der Waals surface area contributed by atoms with Crippen LogP contribution in [0.15, 0.2) is 18.3 Å². The van der Waals surface area contributed by atoms with E-state index in [1.165, 1.54) is 25.7 Å². The lowest BCUT2D eigenvalue weighted by Crippen LogP contribution is -2.07. The molecule has 0 spiro atoms. The lowest BCUT2D eigenvalue weighted by atomic mass is 9.98. The predicted molar refractivity (Wildman–Crippen MR) is 68.9 cm³/mol. The zero-order valence-corrected chi connectivity index (χ0v) is 10.6. The summed E-state index contributed by atoms with van der Waals surface area (Å²) in [6.45, 7) is 2.02. The molecule has 0 amide bonds. The molecule has 0 N–H and O–H groups in total. The number of hydrogen-bond acceptors (Lipinski definition) is 2. The first-order chi connectivity index (χ1) is 8.25. The summed E-state index contributed by atoms with van der Waals surface area (Å²) in [5.74, 6) is 1.16. The van der Waals surface area contributed by atoms with Gasteiger partial charge in [-0.15, -0.1) is 0 Å². The molecule has 1 aliphatic rings. The second-order valence-electron chi connectivity index (χ2n) is 5.17. The smallest absolute Gasteiger partial charge is 0.138 e. The van der Waals surface area contributed by atoms with Crippen molar-refractivity contribution < 1.29 is 4.79 Å². The minimum Gasteiger partial charge on any atom is -0.299 e. The van der Waals surface area contributed by atoms with E-state index in [1.807, 2.05) is 19.1 Å². The van der Waals surface area contributed by atoms with E-state index in [4.69, 9.17) is 0 Å². The Balaban J connectivity index is 1.79. The summed E-state index contributed by atoms with van der Waals surface area (Å²) >= 11 is 0. The Morgan fingerprint density at radius 1 is 1.41 bits per heavy atom. The van der Waals surface area contributed by atoms with Crippen molar-refractivity contribution in [3.8, 4) is 0 Å². The molecule has 1 aliphatic carbocycles. The highest BCUT2D eigenvalue weighted by molar-refractivity contribution is 5.80. The summed E-state index contributed by atoms with van der Waals surface area (Å²) in [5, 5.41) is 0. The first-order valence-electron chi connectivity index (χ1n) is 6.68. The molecule has 2 heteroatoms. The van der Waals surface area contributed by atoms with Crippen LogP contribution < -0.4 is 0 Å². The number of pyridine rings is 1. The fourth-order valence-electron chi connectivity index (χ4n) is 2.64. The Labute approximate surface area is 103 Å². The average molecular weight is 231 g/mol. The molecule has 1 aromatic rings. The highest BCUT2D eigenvalue weighted by Gasteiger charge is 2.16. The van der Waals surface area contributed by atoms with Gasteiger partial charge in [0.2, 0.25) is 0 Å². The molecule has 1 aromatic heterocycles. The van der Waals surface area contributed by atoms with E-state index in [0.717, 1.165) is 30.0 Å². The van der Waals surface area contributed by atoms with Crippen molar-refractivity contribution in [3.05, 3.63) is 29.6 Å². The molecule has 0 atom stereocenters. The fourth-order valence-corrected chi connectivity index (χ4v) is 2.64. The minimum atomic E-state index is 0.346. The Kier molecular flexibility index (Phi) is 4.29. The van der Waals surface area contributed by atoms with Crippen LogP contribution >= 0.6 is 0 Å². The van der Waals surface area contributed by atoms with Crippen LogP contribution in [-0.4, -0.2) is 10.8 Å². The van der Waals surface area contributed by atoms with E-state index in [2.05, 4.69) is 4.98 Å². The zero-order chi connectivity index (χ0) is 12.1. The molecule has 0 saturated heterocycles. The van der Waals surface area contributed by atoms with Crippen LogP contribution in [0.1, 0.15) is 49.8 Å². The molecule has 17 heavy (non-hydrogen) atoms. The van der Waals surface area contributed by atoms with E-state index in [1.54, 1.807) is 6.20 Å². The van der Waals surface area contributed by atoms with Crippen LogP contribution in [0.5, 0.6) is 0 Å². The van der Waals surface area contributed by atoms with E-state index in [9.17, 15) is 4.79 Å². The second-order valence-corrected chi connectivity index (χ2v) is 5.17. The van der Waals surface area contributed by atoms with Crippen LogP contribution in [0.4, 0.5) is 0 Å². The molecule has 0 aromatic carbocycles. The van der Waals surface area contributed by atoms with Gasteiger partial charge in [0.15, 0.2) is 0 Å². The quantitative estimate of drug-likeness (QED) is 0.776. The summed E-state index contributed by atoms with van der Waals surface area (Å²) in [7, 11) is 0. The molecule has 1 heterocycles. The maximum absolute atomic E-state index is 11.9. The van der Waals surface area contributed by atoms with Crippen LogP contribution in [-0.2, 0) is 11.2 Å². The fraction of sp³-hybridized carbons (Fsp3) is 0.600. The van der Waals surface area contributed by atoms with Crippen molar-refractivity contribution in [2.24, 2.45) is 5.92 Å². The van der Waals surface area contributed by atoms with Crippen molar-refractivity contribution in [2.45, 2.75) is 51.9 Å². The largest absolute Gasteiger partial charge is 0.299 e. The third-order valence-corrected chi connectivity index (χ3v) is 3.79. The van der Waals surface area contributed by atoms with E-state index in [0.29, 0.717) is 12.2 Å². The highest BCUT2D eigenvalue weighted by atomic mass is 16.1. The van der Waals surface area contributed by atoms with Crippen molar-refractivity contribution in [3.63, 3.8) is 0 Å². The molecule has 1 saturated carbocycles. The monoisotopic (exact) mass is 231 g/mol. The first-order valence-corrected chi connectivity index (χ1v) is 6.68. The van der Waals surface area contributed by atoms with E-state index >= 15 is 0 Å². The normalized spacial score (nSPS) is 16.3. The van der Waals surface area contributed by atoms with Crippen molar-refractivity contribution in [1.29, 1.82) is 0 Å². The van der Waals surface area contributed by atoms with Gasteiger partial charge >= 0.3 is 0 Å². The molecule has 0 bridgehead atoms. The summed E-state index contributed by atoms with van der Waals surface area (Å²) in [6.07, 6.45) is 9.49. The standard InChI is InChI=1S/C15H21NO/c1-12-5-4-10-16-15(12)11-14(17)9-8-13-6-2-3-7-13/h4-5,10,13H,2-3,6-9,11H2,1H3. The number of carbonyl (C=O) groups excluding carboxylic acids is 1. The Hall–Kier alpha value is -1.18. The number of aryl methyl sites for hydroxylation is 1. The topological polar surface area (TPSA) is 30.0 Å². The molecule has 92 valence electrons. The number of nitrogens with zero attached hydrogens (tertiary/aromatic N) is 1. The highest BCUT2D eigenvalue weighted by Crippen LogP contribution is 2.28. The van der Waals surface area contributed by atoms with Gasteiger partial charge in [0.1, 0.15) is 5.78 Å². The van der Waals surface area contributed by atoms with Crippen LogP contribution in [0.25, 0.3) is 0 Å². The molecule has 0 aliphatic heterocycles. The van der Waals surface area contributed by atoms with Gasteiger partial charge in [-0.3, -0.25) is 9.78 Å². The molecular weight excluding hydrogens is 210 g/mol. The van der Waals surface area contributed by atoms with E-state index < -0.39 is 0 Å². The summed E-state index contributed by atoms with van der Waals surface area (Å²) in [5.41, 5.74) is 2.07. The van der Waals surface area contributed by atoms with Gasteiger partial charge in [-0.1, -0.05) is 31.7 Å². The van der Waals surface area contributed by atoms with Gasteiger partial charge in [-0.25, -0.2) is 0 Å². The van der Waals surface area contributed by atoms with Crippen molar-refractivity contribution in [1.82, 2.24) is 4.98 Å². The molecular formula is C15H21NO. The Morgan fingerprint density at radius 2 is 2.18 bits per heavy atom. The lowest BCUT2D eigenvalue weighted by Gasteiger charge is -2.08. The lowest BCUT2D eigenvalue weighted by molar-refractivity contribution is -0.118. The first kappa shape index (κ1) is 12.3. The SMILES string of the molecule is Cc1cccnc1CC(=O)CCC1CCCC1. The second kappa shape index (κ2) is 5.95. The van der Waals surface area contributed by atoms with E-state index in [-0.39, 0.29) is 0 Å². The van der Waals surface area contributed by atoms with Gasteiger partial charge < -0.3 is 0 Å². The number of ketones is 1. The third-order valence-electron chi connectivity index (χ3n) is 3.79. The van der Waals surface area contributed by atoms with Crippen LogP contribution in [0.3, 0.4) is 0 Å². The minimum absolute atomic E-state index is 0.346. The molecule has 2 rings (SSSR count). The molecule has 0 radical (unpaired) electrons. The molecule has 1 fully saturated rings.